The number of nitrogens with one attached hydrogen (secondary N) is 1. The molecule has 0 bridgehead atoms. The van der Waals surface area contributed by atoms with Crippen LogP contribution in [0.3, 0.4) is 0 Å². The molecule has 0 aromatic heterocycles. The van der Waals surface area contributed by atoms with Gasteiger partial charge in [0, 0.05) is 6.54 Å². The van der Waals surface area contributed by atoms with Gasteiger partial charge in [-0.2, -0.15) is 0 Å². The van der Waals surface area contributed by atoms with E-state index in [1.54, 1.807) is 0 Å². The highest BCUT2D eigenvalue weighted by atomic mass is 16.2. The van der Waals surface area contributed by atoms with Gasteiger partial charge in [0.05, 0.1) is 6.67 Å². The number of hydrogen-bond acceptors (Lipinski definition) is 3. The molecule has 5 heteroatoms. The predicted molar refractivity (Wildman–Crippen MR) is 93.3 cm³/mol. The Morgan fingerprint density at radius 1 is 1.29 bits per heavy atom. The second kappa shape index (κ2) is 6.55. The molecule has 2 atom stereocenters. The van der Waals surface area contributed by atoms with Gasteiger partial charge >= 0.3 is 6.03 Å². The molecule has 3 amide bonds. The second-order valence-corrected chi connectivity index (χ2v) is 7.36. The Morgan fingerprint density at radius 3 is 2.75 bits per heavy atom. The SMILES string of the molecule is Cc1ccccc1CN(C)CN1C(=O)N[C@@]2(CCCC[C@@H]2C)C1=O. The summed E-state index contributed by atoms with van der Waals surface area (Å²) in [7, 11) is 1.95. The van der Waals surface area contributed by atoms with Crippen LogP contribution in [0.15, 0.2) is 24.3 Å². The molecule has 2 fully saturated rings. The zero-order chi connectivity index (χ0) is 17.3. The van der Waals surface area contributed by atoms with Crippen LogP contribution < -0.4 is 5.32 Å². The minimum Gasteiger partial charge on any atom is -0.323 e. The van der Waals surface area contributed by atoms with Crippen LogP contribution in [-0.2, 0) is 11.3 Å². The molecule has 1 aliphatic heterocycles. The summed E-state index contributed by atoms with van der Waals surface area (Å²) < 4.78 is 0. The third-order valence-electron chi connectivity index (χ3n) is 5.59. The number of amides is 3. The van der Waals surface area contributed by atoms with Gasteiger partial charge in [-0.05, 0) is 43.9 Å². The Morgan fingerprint density at radius 2 is 2.04 bits per heavy atom. The Bertz CT molecular complexity index is 645. The monoisotopic (exact) mass is 329 g/mol. The molecule has 1 spiro atoms. The van der Waals surface area contributed by atoms with Crippen molar-refractivity contribution in [3.05, 3.63) is 35.4 Å². The Kier molecular flexibility index (Phi) is 4.63. The molecule has 1 N–H and O–H groups in total. The lowest BCUT2D eigenvalue weighted by Crippen LogP contribution is -2.54. The zero-order valence-electron chi connectivity index (χ0n) is 14.8. The molecule has 1 saturated carbocycles. The zero-order valence-corrected chi connectivity index (χ0v) is 14.8. The molecule has 5 nitrogen and oxygen atoms in total. The van der Waals surface area contributed by atoms with Gasteiger partial charge in [-0.25, -0.2) is 9.69 Å². The first-order chi connectivity index (χ1) is 11.4. The molecule has 1 aromatic rings. The molecule has 3 rings (SSSR count). The quantitative estimate of drug-likeness (QED) is 0.864. The van der Waals surface area contributed by atoms with Crippen LogP contribution in [0.1, 0.15) is 43.7 Å². The van der Waals surface area contributed by atoms with Crippen molar-refractivity contribution in [2.75, 3.05) is 13.7 Å². The molecular formula is C19H27N3O2. The maximum absolute atomic E-state index is 13.0. The summed E-state index contributed by atoms with van der Waals surface area (Å²) in [5.74, 6) is 0.158. The first-order valence-corrected chi connectivity index (χ1v) is 8.81. The van der Waals surface area contributed by atoms with Gasteiger partial charge in [0.25, 0.3) is 5.91 Å². The highest BCUT2D eigenvalue weighted by Crippen LogP contribution is 2.38. The topological polar surface area (TPSA) is 52.6 Å². The van der Waals surface area contributed by atoms with E-state index in [2.05, 4.69) is 31.3 Å². The molecular weight excluding hydrogens is 302 g/mol. The van der Waals surface area contributed by atoms with Crippen LogP contribution in [0.25, 0.3) is 0 Å². The predicted octanol–water partition coefficient (Wildman–Crippen LogP) is 2.89. The number of benzene rings is 1. The van der Waals surface area contributed by atoms with Crippen molar-refractivity contribution in [1.29, 1.82) is 0 Å². The summed E-state index contributed by atoms with van der Waals surface area (Å²) in [4.78, 5) is 28.8. The molecule has 1 aromatic carbocycles. The normalized spacial score (nSPS) is 27.2. The average molecular weight is 329 g/mol. The van der Waals surface area contributed by atoms with E-state index in [1.807, 2.05) is 24.1 Å². The van der Waals surface area contributed by atoms with Crippen molar-refractivity contribution < 1.29 is 9.59 Å². The number of nitrogens with zero attached hydrogens (tertiary/aromatic N) is 2. The number of carbonyl (C=O) groups is 2. The van der Waals surface area contributed by atoms with Crippen LogP contribution in [-0.4, -0.2) is 41.0 Å². The average Bonchev–Trinajstić information content (AvgIpc) is 2.78. The van der Waals surface area contributed by atoms with Crippen molar-refractivity contribution in [2.45, 2.75) is 51.6 Å². The van der Waals surface area contributed by atoms with Crippen molar-refractivity contribution in [3.63, 3.8) is 0 Å². The molecule has 0 unspecified atom stereocenters. The summed E-state index contributed by atoms with van der Waals surface area (Å²) in [6, 6.07) is 7.95. The molecule has 130 valence electrons. The lowest BCUT2D eigenvalue weighted by molar-refractivity contribution is -0.135. The maximum Gasteiger partial charge on any atom is 0.326 e. The minimum atomic E-state index is -0.668. The Labute approximate surface area is 144 Å². The van der Waals surface area contributed by atoms with Crippen LogP contribution in [0, 0.1) is 12.8 Å². The van der Waals surface area contributed by atoms with Gasteiger partial charge in [-0.1, -0.05) is 44.0 Å². The number of carbonyl (C=O) groups excluding carboxylic acids is 2. The molecule has 24 heavy (non-hydrogen) atoms. The van der Waals surface area contributed by atoms with Crippen molar-refractivity contribution >= 4 is 11.9 Å². The fourth-order valence-corrected chi connectivity index (χ4v) is 3.99. The van der Waals surface area contributed by atoms with Crippen molar-refractivity contribution in [2.24, 2.45) is 5.92 Å². The van der Waals surface area contributed by atoms with Crippen LogP contribution in [0.5, 0.6) is 0 Å². The van der Waals surface area contributed by atoms with Gasteiger partial charge in [0.2, 0.25) is 0 Å². The third-order valence-corrected chi connectivity index (χ3v) is 5.59. The van der Waals surface area contributed by atoms with Crippen LogP contribution >= 0.6 is 0 Å². The number of aryl methyl sites for hydroxylation is 1. The molecule has 2 aliphatic rings. The number of hydrogen-bond donors (Lipinski definition) is 1. The molecule has 1 saturated heterocycles. The van der Waals surface area contributed by atoms with E-state index in [0.717, 1.165) is 25.7 Å². The van der Waals surface area contributed by atoms with E-state index in [1.165, 1.54) is 16.0 Å². The van der Waals surface area contributed by atoms with Crippen LogP contribution in [0.2, 0.25) is 0 Å². The van der Waals surface area contributed by atoms with Gasteiger partial charge < -0.3 is 5.32 Å². The van der Waals surface area contributed by atoms with Crippen molar-refractivity contribution in [3.8, 4) is 0 Å². The van der Waals surface area contributed by atoms with Gasteiger partial charge in [0.1, 0.15) is 5.54 Å². The van der Waals surface area contributed by atoms with Crippen molar-refractivity contribution in [1.82, 2.24) is 15.1 Å². The summed E-state index contributed by atoms with van der Waals surface area (Å²) in [6.45, 7) is 5.20. The highest BCUT2D eigenvalue weighted by Gasteiger charge is 2.54. The second-order valence-electron chi connectivity index (χ2n) is 7.36. The Hall–Kier alpha value is -1.88. The van der Waals surface area contributed by atoms with E-state index >= 15 is 0 Å². The third kappa shape index (κ3) is 2.93. The standard InChI is InChI=1S/C19H27N3O2/c1-14-8-4-5-10-16(14)12-21(3)13-22-17(23)19(20-18(22)24)11-7-6-9-15(19)2/h4-5,8,10,15H,6-7,9,11-13H2,1-3H3,(H,20,24)/t15-,19+/m0/s1. The highest BCUT2D eigenvalue weighted by molar-refractivity contribution is 6.07. The molecule has 1 aliphatic carbocycles. The first kappa shape index (κ1) is 17.0. The Balaban J connectivity index is 1.70. The molecule has 1 heterocycles. The smallest absolute Gasteiger partial charge is 0.323 e. The van der Waals surface area contributed by atoms with Gasteiger partial charge in [-0.3, -0.25) is 9.69 Å². The summed E-state index contributed by atoms with van der Waals surface area (Å²) in [6.07, 6.45) is 3.90. The van der Waals surface area contributed by atoms with Gasteiger partial charge in [-0.15, -0.1) is 0 Å². The van der Waals surface area contributed by atoms with Gasteiger partial charge in [0.15, 0.2) is 0 Å². The lowest BCUT2D eigenvalue weighted by Gasteiger charge is -2.37. The van der Waals surface area contributed by atoms with E-state index < -0.39 is 5.54 Å². The van der Waals surface area contributed by atoms with E-state index in [4.69, 9.17) is 0 Å². The minimum absolute atomic E-state index is 0.0451. The lowest BCUT2D eigenvalue weighted by atomic mass is 9.73. The van der Waals surface area contributed by atoms with E-state index in [9.17, 15) is 9.59 Å². The summed E-state index contributed by atoms with van der Waals surface area (Å²) in [5, 5.41) is 3.01. The summed E-state index contributed by atoms with van der Waals surface area (Å²) >= 11 is 0. The number of imide groups is 1. The van der Waals surface area contributed by atoms with Crippen LogP contribution in [0.4, 0.5) is 4.79 Å². The fourth-order valence-electron chi connectivity index (χ4n) is 3.99. The fraction of sp³-hybridized carbons (Fsp3) is 0.579. The largest absolute Gasteiger partial charge is 0.326 e. The summed E-state index contributed by atoms with van der Waals surface area (Å²) in [5.41, 5.74) is 1.77. The first-order valence-electron chi connectivity index (χ1n) is 8.81. The van der Waals surface area contributed by atoms with E-state index in [0.29, 0.717) is 13.2 Å². The number of urea groups is 1. The van der Waals surface area contributed by atoms with E-state index in [-0.39, 0.29) is 17.9 Å². The molecule has 0 radical (unpaired) electrons. The maximum atomic E-state index is 13.0. The number of rotatable bonds is 4.